The van der Waals surface area contributed by atoms with Crippen molar-refractivity contribution in [3.63, 3.8) is 0 Å². The van der Waals surface area contributed by atoms with Crippen LogP contribution in [0.4, 0.5) is 0 Å². The lowest BCUT2D eigenvalue weighted by Gasteiger charge is -2.05. The first-order chi connectivity index (χ1) is 6.37. The molecule has 2 N–H and O–H groups in total. The van der Waals surface area contributed by atoms with Crippen LogP contribution >= 0.6 is 0 Å². The van der Waals surface area contributed by atoms with E-state index >= 15 is 0 Å². The number of carbonyl (C=O) groups is 1. The van der Waals surface area contributed by atoms with Crippen molar-refractivity contribution in [2.24, 2.45) is 5.73 Å². The smallest absolute Gasteiger partial charge is 0.320 e. The average Bonchev–Trinajstić information content (AvgIpc) is 2.02. The van der Waals surface area contributed by atoms with E-state index in [1.807, 2.05) is 6.92 Å². The lowest BCUT2D eigenvalue weighted by molar-refractivity contribution is -0.137. The largest absolute Gasteiger partial charge is 0.468 e. The van der Waals surface area contributed by atoms with E-state index in [0.717, 1.165) is 0 Å². The summed E-state index contributed by atoms with van der Waals surface area (Å²) in [6, 6.07) is -0.0108. The van der Waals surface area contributed by atoms with Gasteiger partial charge in [0.05, 0.1) is 12.9 Å². The van der Waals surface area contributed by atoms with E-state index in [4.69, 9.17) is 5.73 Å². The van der Waals surface area contributed by atoms with E-state index in [0.29, 0.717) is 12.8 Å². The van der Waals surface area contributed by atoms with Gasteiger partial charge in [0, 0.05) is 6.04 Å². The number of hydrogen-bond donors (Lipinski definition) is 1. The molecule has 0 bridgehead atoms. The van der Waals surface area contributed by atoms with Crippen molar-refractivity contribution in [2.45, 2.75) is 25.8 Å². The number of esters is 1. The predicted octanol–water partition coefficient (Wildman–Crippen LogP) is -0.298. The lowest BCUT2D eigenvalue weighted by Crippen LogP contribution is -2.22. The van der Waals surface area contributed by atoms with E-state index in [-0.39, 0.29) is 11.8 Å². The molecule has 0 heterocycles. The highest BCUT2D eigenvalue weighted by molar-refractivity contribution is 7.92. The maximum absolute atomic E-state index is 11.2. The van der Waals surface area contributed by atoms with Gasteiger partial charge in [-0.05, 0) is 19.8 Å². The van der Waals surface area contributed by atoms with Gasteiger partial charge in [-0.15, -0.1) is 0 Å². The number of carbonyl (C=O) groups excluding carboxylic acids is 1. The Morgan fingerprint density at radius 1 is 1.50 bits per heavy atom. The molecule has 1 unspecified atom stereocenters. The molecule has 0 aromatic heterocycles. The molecule has 5 nitrogen and oxygen atoms in total. The summed E-state index contributed by atoms with van der Waals surface area (Å²) in [5, 5.41) is 0. The summed E-state index contributed by atoms with van der Waals surface area (Å²) in [5.74, 6) is -1.27. The first kappa shape index (κ1) is 13.4. The molecule has 0 amide bonds. The molecule has 0 aliphatic rings. The Balaban J connectivity index is 3.91. The molecule has 0 aliphatic carbocycles. The summed E-state index contributed by atoms with van der Waals surface area (Å²) in [4.78, 5) is 10.7. The molecule has 0 spiro atoms. The van der Waals surface area contributed by atoms with Crippen LogP contribution in [0.1, 0.15) is 19.8 Å². The average molecular weight is 223 g/mol. The van der Waals surface area contributed by atoms with Gasteiger partial charge >= 0.3 is 5.97 Å². The highest BCUT2D eigenvalue weighted by Crippen LogP contribution is 2.00. The summed E-state index contributed by atoms with van der Waals surface area (Å²) < 4.78 is 26.8. The molecule has 0 radical (unpaired) electrons. The van der Waals surface area contributed by atoms with Gasteiger partial charge in [0.25, 0.3) is 0 Å². The van der Waals surface area contributed by atoms with Gasteiger partial charge < -0.3 is 10.5 Å². The molecular weight excluding hydrogens is 206 g/mol. The molecule has 6 heteroatoms. The second kappa shape index (κ2) is 5.98. The van der Waals surface area contributed by atoms with E-state index in [1.54, 1.807) is 0 Å². The maximum Gasteiger partial charge on any atom is 0.320 e. The Hall–Kier alpha value is -0.620. The van der Waals surface area contributed by atoms with Crippen molar-refractivity contribution in [1.82, 2.24) is 0 Å². The van der Waals surface area contributed by atoms with E-state index in [2.05, 4.69) is 4.74 Å². The Kier molecular flexibility index (Phi) is 5.71. The molecule has 0 aliphatic heterocycles. The second-order valence-electron chi connectivity index (χ2n) is 3.29. The Morgan fingerprint density at radius 2 is 2.07 bits per heavy atom. The van der Waals surface area contributed by atoms with Crippen LogP contribution in [0.15, 0.2) is 0 Å². The number of rotatable bonds is 6. The van der Waals surface area contributed by atoms with E-state index in [1.165, 1.54) is 7.11 Å². The van der Waals surface area contributed by atoms with Crippen molar-refractivity contribution in [3.05, 3.63) is 0 Å². The molecule has 1 atom stereocenters. The minimum Gasteiger partial charge on any atom is -0.468 e. The summed E-state index contributed by atoms with van der Waals surface area (Å²) in [7, 11) is -2.15. The number of nitrogens with two attached hydrogens (primary N) is 1. The number of hydrogen-bond acceptors (Lipinski definition) is 5. The van der Waals surface area contributed by atoms with E-state index in [9.17, 15) is 13.2 Å². The molecule has 14 heavy (non-hydrogen) atoms. The predicted molar refractivity (Wildman–Crippen MR) is 53.6 cm³/mol. The quantitative estimate of drug-likeness (QED) is 0.625. The zero-order valence-corrected chi connectivity index (χ0v) is 9.34. The Morgan fingerprint density at radius 3 is 2.50 bits per heavy atom. The molecule has 0 aromatic rings. The topological polar surface area (TPSA) is 86.5 Å². The van der Waals surface area contributed by atoms with Crippen molar-refractivity contribution < 1.29 is 17.9 Å². The fourth-order valence-corrected chi connectivity index (χ4v) is 2.16. The second-order valence-corrected chi connectivity index (χ2v) is 5.47. The number of methoxy groups -OCH3 is 1. The van der Waals surface area contributed by atoms with Crippen molar-refractivity contribution in [3.8, 4) is 0 Å². The zero-order valence-electron chi connectivity index (χ0n) is 8.52. The van der Waals surface area contributed by atoms with Crippen LogP contribution in [-0.4, -0.2) is 39.0 Å². The molecule has 0 saturated carbocycles. The first-order valence-electron chi connectivity index (χ1n) is 4.40. The summed E-state index contributed by atoms with van der Waals surface area (Å²) in [5.41, 5.74) is 5.46. The summed E-state index contributed by atoms with van der Waals surface area (Å²) in [6.07, 6.45) is 1.12. The van der Waals surface area contributed by atoms with Gasteiger partial charge in [-0.2, -0.15) is 0 Å². The molecule has 0 saturated heterocycles. The number of ether oxygens (including phenoxy) is 1. The van der Waals surface area contributed by atoms with Crippen LogP contribution in [0.5, 0.6) is 0 Å². The first-order valence-corrected chi connectivity index (χ1v) is 6.22. The van der Waals surface area contributed by atoms with Crippen LogP contribution in [-0.2, 0) is 19.4 Å². The van der Waals surface area contributed by atoms with Gasteiger partial charge in [0.2, 0.25) is 0 Å². The molecule has 0 fully saturated rings. The van der Waals surface area contributed by atoms with Gasteiger partial charge in [0.15, 0.2) is 9.84 Å². The van der Waals surface area contributed by atoms with Crippen LogP contribution in [0.2, 0.25) is 0 Å². The summed E-state index contributed by atoms with van der Waals surface area (Å²) >= 11 is 0. The Labute approximate surface area is 84.5 Å². The Bertz CT molecular complexity index is 271. The minimum atomic E-state index is -3.32. The molecule has 84 valence electrons. The summed E-state index contributed by atoms with van der Waals surface area (Å²) in [6.45, 7) is 1.81. The van der Waals surface area contributed by atoms with E-state index < -0.39 is 21.6 Å². The fourth-order valence-electron chi connectivity index (χ4n) is 0.936. The van der Waals surface area contributed by atoms with Crippen LogP contribution in [0, 0.1) is 0 Å². The van der Waals surface area contributed by atoms with Gasteiger partial charge in [-0.25, -0.2) is 8.42 Å². The normalized spacial score (nSPS) is 13.6. The van der Waals surface area contributed by atoms with Gasteiger partial charge in [-0.3, -0.25) is 4.79 Å². The maximum atomic E-state index is 11.2. The SMILES string of the molecule is COC(=O)CS(=O)(=O)CCCC(C)N. The van der Waals surface area contributed by atoms with Crippen LogP contribution in [0.3, 0.4) is 0 Å². The van der Waals surface area contributed by atoms with Gasteiger partial charge in [-0.1, -0.05) is 0 Å². The third-order valence-electron chi connectivity index (χ3n) is 1.68. The number of sulfone groups is 1. The molecular formula is C8H17NO4S. The molecule has 0 rings (SSSR count). The van der Waals surface area contributed by atoms with Crippen LogP contribution in [0.25, 0.3) is 0 Å². The highest BCUT2D eigenvalue weighted by Gasteiger charge is 2.16. The fraction of sp³-hybridized carbons (Fsp3) is 0.875. The van der Waals surface area contributed by atoms with Crippen molar-refractivity contribution >= 4 is 15.8 Å². The molecule has 0 aromatic carbocycles. The zero-order chi connectivity index (χ0) is 11.2. The standard InChI is InChI=1S/C8H17NO4S/c1-7(9)4-3-5-14(11,12)6-8(10)13-2/h7H,3-6,9H2,1-2H3. The van der Waals surface area contributed by atoms with Crippen molar-refractivity contribution in [2.75, 3.05) is 18.6 Å². The van der Waals surface area contributed by atoms with Crippen LogP contribution < -0.4 is 5.73 Å². The van der Waals surface area contributed by atoms with Crippen molar-refractivity contribution in [1.29, 1.82) is 0 Å². The monoisotopic (exact) mass is 223 g/mol. The highest BCUT2D eigenvalue weighted by atomic mass is 32.2. The van der Waals surface area contributed by atoms with Gasteiger partial charge in [0.1, 0.15) is 5.75 Å². The third-order valence-corrected chi connectivity index (χ3v) is 3.27. The lowest BCUT2D eigenvalue weighted by atomic mass is 10.2. The third kappa shape index (κ3) is 6.85. The minimum absolute atomic E-state index is 0.0103.